The van der Waals surface area contributed by atoms with Crippen LogP contribution in [-0.2, 0) is 35.3 Å². The summed E-state index contributed by atoms with van der Waals surface area (Å²) in [7, 11) is 1.73. The minimum atomic E-state index is -0.860. The molecule has 24 heteroatoms. The summed E-state index contributed by atoms with van der Waals surface area (Å²) in [6, 6.07) is 22.1. The molecule has 1 unspecified atom stereocenters. The van der Waals surface area contributed by atoms with Gasteiger partial charge in [-0.3, -0.25) is 28.9 Å². The molecule has 0 fully saturated rings. The van der Waals surface area contributed by atoms with Crippen molar-refractivity contribution in [1.82, 2.24) is 30.1 Å². The molecular weight excluding hydrogens is 1070 g/mol. The minimum absolute atomic E-state index is 0.0413. The lowest BCUT2D eigenvalue weighted by molar-refractivity contribution is -0.152. The molecule has 0 radical (unpaired) electrons. The third-order valence-corrected chi connectivity index (χ3v) is 14.3. The van der Waals surface area contributed by atoms with E-state index in [1.165, 1.54) is 29.2 Å². The molecule has 1 aliphatic carbocycles. The normalized spacial score (nSPS) is 15.1. The van der Waals surface area contributed by atoms with Crippen molar-refractivity contribution in [3.05, 3.63) is 125 Å². The first-order valence-electron chi connectivity index (χ1n) is 26.9. The fourth-order valence-electron chi connectivity index (χ4n) is 9.55. The van der Waals surface area contributed by atoms with E-state index in [9.17, 15) is 34.2 Å². The van der Waals surface area contributed by atoms with E-state index < -0.39 is 41.3 Å². The lowest BCUT2D eigenvalue weighted by atomic mass is 10.0. The number of pyridine rings is 1. The van der Waals surface area contributed by atoms with E-state index in [1.807, 2.05) is 32.0 Å². The highest BCUT2D eigenvalue weighted by molar-refractivity contribution is 6.25. The number of halogens is 1. The number of aromatic hydroxyl groups is 1. The van der Waals surface area contributed by atoms with Crippen molar-refractivity contribution in [2.75, 3.05) is 101 Å². The maximum atomic E-state index is 14.5. The Morgan fingerprint density at radius 3 is 2.36 bits per heavy atom. The summed E-state index contributed by atoms with van der Waals surface area (Å²) in [5, 5.41) is 30.2. The van der Waals surface area contributed by atoms with Crippen LogP contribution < -0.4 is 42.5 Å². The lowest BCUT2D eigenvalue weighted by Crippen LogP contribution is -2.53. The number of nitrogens with two attached hydrogens (primary N) is 2. The van der Waals surface area contributed by atoms with Crippen LogP contribution in [0.4, 0.5) is 21.9 Å². The Labute approximate surface area is 473 Å². The second kappa shape index (κ2) is 28.4. The van der Waals surface area contributed by atoms with E-state index >= 15 is 0 Å². The van der Waals surface area contributed by atoms with Crippen molar-refractivity contribution in [2.45, 2.75) is 56.7 Å². The number of alkyl halides is 1. The van der Waals surface area contributed by atoms with Gasteiger partial charge in [-0.25, -0.2) is 9.78 Å². The summed E-state index contributed by atoms with van der Waals surface area (Å²) in [4.78, 5) is 87.8. The number of ether oxygens (including phenoxy) is 3. The molecule has 8 rings (SSSR count). The predicted octanol–water partition coefficient (Wildman–Crippen LogP) is 5.04. The quantitative estimate of drug-likeness (QED) is 0.0166. The zero-order chi connectivity index (χ0) is 57.6. The van der Waals surface area contributed by atoms with E-state index in [0.717, 1.165) is 22.1 Å². The largest absolute Gasteiger partial charge is 0.508 e. The van der Waals surface area contributed by atoms with Crippen LogP contribution in [-0.4, -0.2) is 157 Å². The fraction of sp³-hybridized carbons (Fsp3) is 0.404. The molecule has 2 aromatic heterocycles. The zero-order valence-corrected chi connectivity index (χ0v) is 46.2. The van der Waals surface area contributed by atoms with Gasteiger partial charge in [0.15, 0.2) is 0 Å². The molecular formula is C57H70ClN11O12. The van der Waals surface area contributed by atoms with Crippen molar-refractivity contribution in [2.24, 2.45) is 17.4 Å². The summed E-state index contributed by atoms with van der Waals surface area (Å²) in [6.07, 6.45) is 3.38. The maximum Gasteiger partial charge on any atom is 0.415 e. The molecule has 23 nitrogen and oxygen atoms in total. The van der Waals surface area contributed by atoms with Gasteiger partial charge in [0.2, 0.25) is 11.8 Å². The Balaban J connectivity index is 0.894. The number of nitrogens with zero attached hydrogens (tertiary/aromatic N) is 5. The van der Waals surface area contributed by atoms with Gasteiger partial charge in [-0.15, -0.1) is 11.6 Å². The number of anilines is 3. The van der Waals surface area contributed by atoms with Gasteiger partial charge in [-0.1, -0.05) is 44.2 Å². The van der Waals surface area contributed by atoms with Gasteiger partial charge in [-0.05, 0) is 95.9 Å². The van der Waals surface area contributed by atoms with Gasteiger partial charge in [0.05, 0.1) is 63.0 Å². The number of benzene rings is 4. The number of likely N-dealkylation sites (N-methyl/N-ethyl adjacent to an activating group) is 1. The third kappa shape index (κ3) is 15.0. The highest BCUT2D eigenvalue weighted by Crippen LogP contribution is 2.58. The average Bonchev–Trinajstić information content (AvgIpc) is 4.36. The Morgan fingerprint density at radius 1 is 0.852 bits per heavy atom. The van der Waals surface area contributed by atoms with Crippen molar-refractivity contribution in [1.29, 1.82) is 0 Å². The molecule has 0 spiro atoms. The van der Waals surface area contributed by atoms with Crippen LogP contribution in [0.25, 0.3) is 16.4 Å². The average molecular weight is 1140 g/mol. The van der Waals surface area contributed by atoms with Crippen LogP contribution in [0.2, 0.25) is 0 Å². The molecule has 5 amide bonds. The molecule has 1 aliphatic heterocycles. The molecule has 6 aromatic rings. The minimum Gasteiger partial charge on any atom is -0.508 e. The Bertz CT molecular complexity index is 3150. The number of nitrogens with one attached hydrogen (secondary N) is 4. The topological polar surface area (TPSA) is 299 Å². The number of imidazole rings is 1. The van der Waals surface area contributed by atoms with Crippen LogP contribution in [0.15, 0.2) is 97.3 Å². The SMILES string of the molecule is CC(C)[C@H](NOCCOCCN)C(=O)N[C@@H](CCCN)C(=O)Nc1ccc(CON(C)CCN(CCOCCO)C(=O)Oc2cc3c4c5c(cccc25)C(Cl)[C@H]4CN3C(=O)c2cn3cc(NC(=O)c4ccc(O)cc4)ccc3n2)cc1. The van der Waals surface area contributed by atoms with Crippen molar-refractivity contribution in [3.8, 4) is 11.5 Å². The second-order valence-electron chi connectivity index (χ2n) is 19.9. The van der Waals surface area contributed by atoms with Gasteiger partial charge < -0.3 is 66.0 Å². The monoisotopic (exact) mass is 1140 g/mol. The molecule has 0 saturated heterocycles. The van der Waals surface area contributed by atoms with Gasteiger partial charge in [0, 0.05) is 80.8 Å². The van der Waals surface area contributed by atoms with Crippen LogP contribution in [0, 0.1) is 5.92 Å². The number of phenols is 1. The van der Waals surface area contributed by atoms with Crippen LogP contribution >= 0.6 is 11.6 Å². The molecule has 0 saturated carbocycles. The smallest absolute Gasteiger partial charge is 0.415 e. The molecule has 81 heavy (non-hydrogen) atoms. The summed E-state index contributed by atoms with van der Waals surface area (Å²) >= 11 is 7.16. The number of aromatic nitrogens is 2. The molecule has 432 valence electrons. The van der Waals surface area contributed by atoms with Crippen LogP contribution in [0.3, 0.4) is 0 Å². The summed E-state index contributed by atoms with van der Waals surface area (Å²) in [5.41, 5.74) is 19.0. The van der Waals surface area contributed by atoms with E-state index in [2.05, 4.69) is 26.4 Å². The highest BCUT2D eigenvalue weighted by atomic mass is 35.5. The fourth-order valence-corrected chi connectivity index (χ4v) is 9.94. The van der Waals surface area contributed by atoms with Gasteiger partial charge in [-0.2, -0.15) is 10.5 Å². The Morgan fingerprint density at radius 2 is 1.62 bits per heavy atom. The van der Waals surface area contributed by atoms with Crippen LogP contribution in [0.5, 0.6) is 11.5 Å². The molecule has 2 aliphatic rings. The van der Waals surface area contributed by atoms with E-state index in [-0.39, 0.29) is 94.1 Å². The first-order chi connectivity index (χ1) is 39.2. The summed E-state index contributed by atoms with van der Waals surface area (Å²) in [6.45, 7) is 6.28. The molecule has 10 N–H and O–H groups in total. The molecule has 4 atom stereocenters. The lowest BCUT2D eigenvalue weighted by Gasteiger charge is -2.26. The van der Waals surface area contributed by atoms with E-state index in [0.29, 0.717) is 72.8 Å². The number of hydroxylamine groups is 3. The third-order valence-electron chi connectivity index (χ3n) is 13.8. The van der Waals surface area contributed by atoms with Gasteiger partial charge in [0.1, 0.15) is 34.9 Å². The number of rotatable bonds is 30. The number of aliphatic hydroxyl groups excluding tert-OH is 1. The van der Waals surface area contributed by atoms with E-state index in [1.54, 1.807) is 76.3 Å². The van der Waals surface area contributed by atoms with Crippen molar-refractivity contribution >= 4 is 74.8 Å². The van der Waals surface area contributed by atoms with Crippen molar-refractivity contribution < 1.29 is 58.1 Å². The predicted molar refractivity (Wildman–Crippen MR) is 304 cm³/mol. The summed E-state index contributed by atoms with van der Waals surface area (Å²) < 4.78 is 18.8. The number of carbonyl (C=O) groups excluding carboxylic acids is 5. The second-order valence-corrected chi connectivity index (χ2v) is 20.4. The number of aliphatic hydroxyl groups is 1. The maximum absolute atomic E-state index is 14.5. The molecule has 0 bridgehead atoms. The Kier molecular flexibility index (Phi) is 21.0. The van der Waals surface area contributed by atoms with Crippen molar-refractivity contribution in [3.63, 3.8) is 0 Å². The number of hydrogen-bond acceptors (Lipinski definition) is 17. The first kappa shape index (κ1) is 59.8. The van der Waals surface area contributed by atoms with Gasteiger partial charge >= 0.3 is 6.09 Å². The van der Waals surface area contributed by atoms with E-state index in [4.69, 9.17) is 47.0 Å². The van der Waals surface area contributed by atoms with Gasteiger partial charge in [0.25, 0.3) is 11.8 Å². The number of hydrogen-bond donors (Lipinski definition) is 8. The molecule has 3 heterocycles. The number of carbonyl (C=O) groups is 5. The number of phenolic OH excluding ortho intramolecular Hbond substituents is 1. The number of fused-ring (bicyclic) bond motifs is 1. The standard InChI is InChI=1S/C57H70ClN11O12/c1-35(2)52(65-79-29-28-77-25-20-60)55(74)64-44(8-5-19-59)54(73)61-38-13-9-36(10-14-38)34-80-66(3)21-22-67(23-26-78-27-24-70)57(76)81-47-30-46-50-43(51(58)42-7-4-6-41(47)49(42)50)32-69(46)56(75)45-33-68-31-39(15-18-48(68)63-45)62-53(72)37-11-16-40(71)17-12-37/h4,6-7,9-18,30-31,33,35,43-44,51-52,65,70-71H,5,8,19-29,32,34,59-60H2,1-3H3,(H,61,73)(H,62,72)(H,64,74)/t43-,44-,51?,52-/m0/s1. The Hall–Kier alpha value is -7.29. The number of amides is 5. The van der Waals surface area contributed by atoms with Crippen LogP contribution in [0.1, 0.15) is 75.5 Å². The highest BCUT2D eigenvalue weighted by Gasteiger charge is 2.45. The summed E-state index contributed by atoms with van der Waals surface area (Å²) in [5.74, 6) is -1.70. The first-order valence-corrected chi connectivity index (χ1v) is 27.3. The molecule has 4 aromatic carbocycles. The zero-order valence-electron chi connectivity index (χ0n) is 45.5.